The number of hydrogen-bond donors (Lipinski definition) is 3. The molecular weight excluding hydrogens is 274 g/mol. The minimum absolute atomic E-state index is 0.267. The van der Waals surface area contributed by atoms with E-state index >= 15 is 0 Å². The third-order valence-electron chi connectivity index (χ3n) is 3.85. The Hall–Kier alpha value is -1.65. The van der Waals surface area contributed by atoms with Gasteiger partial charge in [-0.1, -0.05) is 31.0 Å². The van der Waals surface area contributed by atoms with E-state index in [2.05, 4.69) is 16.4 Å². The standard InChI is InChI=1S/C18H27N3O/c19-12-6-14-20-13-4-2-1-3-8-16-11-10-15-7-5-9-17(22)18(15)21-16/h5,7,9-11,20,22H,1-4,6,8,12-14,19H2. The molecule has 0 saturated heterocycles. The van der Waals surface area contributed by atoms with Crippen LogP contribution in [0.1, 0.15) is 37.8 Å². The largest absolute Gasteiger partial charge is 0.506 e. The molecule has 1 aromatic carbocycles. The molecule has 1 aromatic heterocycles. The number of aromatic nitrogens is 1. The highest BCUT2D eigenvalue weighted by atomic mass is 16.3. The van der Waals surface area contributed by atoms with E-state index in [0.29, 0.717) is 5.52 Å². The number of phenolic OH excluding ortho intramolecular Hbond substituents is 1. The number of nitrogens with zero attached hydrogens (tertiary/aromatic N) is 1. The second kappa shape index (κ2) is 9.38. The van der Waals surface area contributed by atoms with Gasteiger partial charge in [-0.25, -0.2) is 4.98 Å². The number of aryl methyl sites for hydroxylation is 1. The number of unbranched alkanes of at least 4 members (excludes halogenated alkanes) is 3. The second-order valence-electron chi connectivity index (χ2n) is 5.71. The first-order valence-corrected chi connectivity index (χ1v) is 8.29. The number of fused-ring (bicyclic) bond motifs is 1. The molecule has 4 nitrogen and oxygen atoms in total. The lowest BCUT2D eigenvalue weighted by molar-refractivity contribution is 0.480. The van der Waals surface area contributed by atoms with E-state index in [-0.39, 0.29) is 5.75 Å². The van der Waals surface area contributed by atoms with Crippen molar-refractivity contribution < 1.29 is 5.11 Å². The van der Waals surface area contributed by atoms with Crippen LogP contribution < -0.4 is 11.1 Å². The monoisotopic (exact) mass is 301 g/mol. The van der Waals surface area contributed by atoms with Gasteiger partial charge in [0.05, 0.1) is 0 Å². The highest BCUT2D eigenvalue weighted by Gasteiger charge is 2.02. The molecule has 120 valence electrons. The summed E-state index contributed by atoms with van der Waals surface area (Å²) in [6.07, 6.45) is 6.87. The Labute approximate surface area is 132 Å². The number of pyridine rings is 1. The smallest absolute Gasteiger partial charge is 0.141 e. The molecule has 4 heteroatoms. The van der Waals surface area contributed by atoms with E-state index in [0.717, 1.165) is 50.0 Å². The zero-order chi connectivity index (χ0) is 15.6. The van der Waals surface area contributed by atoms with E-state index in [1.807, 2.05) is 18.2 Å². The number of hydrogen-bond acceptors (Lipinski definition) is 4. The summed E-state index contributed by atoms with van der Waals surface area (Å²) >= 11 is 0. The Kier molecular flexibility index (Phi) is 7.13. The summed E-state index contributed by atoms with van der Waals surface area (Å²) in [5, 5.41) is 14.2. The molecule has 0 aliphatic rings. The molecule has 4 N–H and O–H groups in total. The van der Waals surface area contributed by atoms with Gasteiger partial charge in [0.25, 0.3) is 0 Å². The van der Waals surface area contributed by atoms with Gasteiger partial charge < -0.3 is 16.2 Å². The van der Waals surface area contributed by atoms with Crippen LogP contribution in [0.15, 0.2) is 30.3 Å². The molecule has 0 aliphatic heterocycles. The molecule has 1 heterocycles. The van der Waals surface area contributed by atoms with Crippen molar-refractivity contribution in [2.24, 2.45) is 5.73 Å². The Balaban J connectivity index is 1.66. The van der Waals surface area contributed by atoms with Crippen LogP contribution in [0.3, 0.4) is 0 Å². The van der Waals surface area contributed by atoms with Crippen LogP contribution >= 0.6 is 0 Å². The van der Waals surface area contributed by atoms with Gasteiger partial charge in [-0.05, 0) is 57.5 Å². The number of phenols is 1. The van der Waals surface area contributed by atoms with Crippen molar-refractivity contribution in [2.45, 2.75) is 38.5 Å². The summed E-state index contributed by atoms with van der Waals surface area (Å²) < 4.78 is 0. The van der Waals surface area contributed by atoms with Gasteiger partial charge in [-0.3, -0.25) is 0 Å². The van der Waals surface area contributed by atoms with Crippen molar-refractivity contribution in [2.75, 3.05) is 19.6 Å². The van der Waals surface area contributed by atoms with Crippen LogP contribution in [-0.2, 0) is 6.42 Å². The van der Waals surface area contributed by atoms with Crippen LogP contribution in [0.2, 0.25) is 0 Å². The molecule has 0 amide bonds. The molecule has 0 unspecified atom stereocenters. The highest BCUT2D eigenvalue weighted by molar-refractivity contribution is 5.84. The summed E-state index contributed by atoms with van der Waals surface area (Å²) in [7, 11) is 0. The van der Waals surface area contributed by atoms with E-state index in [4.69, 9.17) is 5.73 Å². The molecule has 0 saturated carbocycles. The maximum atomic E-state index is 9.85. The SMILES string of the molecule is NCCCNCCCCCCc1ccc2cccc(O)c2n1. The van der Waals surface area contributed by atoms with Gasteiger partial charge in [-0.15, -0.1) is 0 Å². The van der Waals surface area contributed by atoms with Crippen LogP contribution in [0.25, 0.3) is 10.9 Å². The Morgan fingerprint density at radius 3 is 2.64 bits per heavy atom. The number of rotatable bonds is 10. The van der Waals surface area contributed by atoms with Crippen molar-refractivity contribution in [3.8, 4) is 5.75 Å². The van der Waals surface area contributed by atoms with Crippen molar-refractivity contribution in [3.05, 3.63) is 36.0 Å². The van der Waals surface area contributed by atoms with Gasteiger partial charge in [0, 0.05) is 11.1 Å². The van der Waals surface area contributed by atoms with Gasteiger partial charge in [0.1, 0.15) is 11.3 Å². The third-order valence-corrected chi connectivity index (χ3v) is 3.85. The predicted molar refractivity (Wildman–Crippen MR) is 92.1 cm³/mol. The fourth-order valence-electron chi connectivity index (χ4n) is 2.57. The fraction of sp³-hybridized carbons (Fsp3) is 0.500. The summed E-state index contributed by atoms with van der Waals surface area (Å²) in [5.74, 6) is 0.267. The normalized spacial score (nSPS) is 11.1. The first-order chi connectivity index (χ1) is 10.8. The average molecular weight is 301 g/mol. The zero-order valence-electron chi connectivity index (χ0n) is 13.2. The minimum atomic E-state index is 0.267. The highest BCUT2D eigenvalue weighted by Crippen LogP contribution is 2.22. The van der Waals surface area contributed by atoms with Crippen LogP contribution in [0.5, 0.6) is 5.75 Å². The predicted octanol–water partition coefficient (Wildman–Crippen LogP) is 2.98. The Bertz CT molecular complexity index is 571. The average Bonchev–Trinajstić information content (AvgIpc) is 2.54. The van der Waals surface area contributed by atoms with Gasteiger partial charge in [0.15, 0.2) is 0 Å². The topological polar surface area (TPSA) is 71.2 Å². The van der Waals surface area contributed by atoms with Crippen LogP contribution in [-0.4, -0.2) is 29.7 Å². The van der Waals surface area contributed by atoms with Crippen LogP contribution in [0, 0.1) is 0 Å². The van der Waals surface area contributed by atoms with Crippen LogP contribution in [0.4, 0.5) is 0 Å². The summed E-state index contributed by atoms with van der Waals surface area (Å²) in [6, 6.07) is 9.62. The van der Waals surface area contributed by atoms with Crippen molar-refractivity contribution >= 4 is 10.9 Å². The molecule has 0 bridgehead atoms. The first kappa shape index (κ1) is 16.7. The maximum absolute atomic E-state index is 9.85. The van der Waals surface area contributed by atoms with E-state index in [9.17, 15) is 5.11 Å². The van der Waals surface area contributed by atoms with Crippen molar-refractivity contribution in [3.63, 3.8) is 0 Å². The fourth-order valence-corrected chi connectivity index (χ4v) is 2.57. The van der Waals surface area contributed by atoms with Gasteiger partial charge >= 0.3 is 0 Å². The number of para-hydroxylation sites is 1. The number of nitrogens with one attached hydrogen (secondary N) is 1. The molecular formula is C18H27N3O. The lowest BCUT2D eigenvalue weighted by Crippen LogP contribution is -2.19. The number of aromatic hydroxyl groups is 1. The quantitative estimate of drug-likeness (QED) is 0.590. The van der Waals surface area contributed by atoms with Gasteiger partial charge in [-0.2, -0.15) is 0 Å². The van der Waals surface area contributed by atoms with E-state index in [1.165, 1.54) is 19.3 Å². The van der Waals surface area contributed by atoms with Crippen molar-refractivity contribution in [1.82, 2.24) is 10.3 Å². The van der Waals surface area contributed by atoms with Crippen molar-refractivity contribution in [1.29, 1.82) is 0 Å². The van der Waals surface area contributed by atoms with Gasteiger partial charge in [0.2, 0.25) is 0 Å². The molecule has 22 heavy (non-hydrogen) atoms. The molecule has 2 rings (SSSR count). The second-order valence-corrected chi connectivity index (χ2v) is 5.71. The molecule has 0 radical (unpaired) electrons. The Morgan fingerprint density at radius 1 is 0.955 bits per heavy atom. The first-order valence-electron chi connectivity index (χ1n) is 8.29. The van der Waals surface area contributed by atoms with E-state index in [1.54, 1.807) is 6.07 Å². The molecule has 0 atom stereocenters. The summed E-state index contributed by atoms with van der Waals surface area (Å²) in [4.78, 5) is 4.57. The lowest BCUT2D eigenvalue weighted by atomic mass is 10.1. The maximum Gasteiger partial charge on any atom is 0.141 e. The zero-order valence-corrected chi connectivity index (χ0v) is 13.2. The molecule has 0 fully saturated rings. The third kappa shape index (κ3) is 5.28. The lowest BCUT2D eigenvalue weighted by Gasteiger charge is -2.05. The molecule has 0 spiro atoms. The summed E-state index contributed by atoms with van der Waals surface area (Å²) in [6.45, 7) is 2.88. The number of nitrogens with two attached hydrogens (primary N) is 1. The minimum Gasteiger partial charge on any atom is -0.506 e. The molecule has 2 aromatic rings. The van der Waals surface area contributed by atoms with E-state index < -0.39 is 0 Å². The molecule has 0 aliphatic carbocycles. The summed E-state index contributed by atoms with van der Waals surface area (Å²) in [5.41, 5.74) is 7.22. The Morgan fingerprint density at radius 2 is 1.77 bits per heavy atom. The number of benzene rings is 1.